The number of hydrogen-bond acceptors (Lipinski definition) is 2. The van der Waals surface area contributed by atoms with Crippen molar-refractivity contribution in [2.75, 3.05) is 25.0 Å². The maximum atomic E-state index is 12.7. The van der Waals surface area contributed by atoms with Gasteiger partial charge >= 0.3 is 0 Å². The minimum Gasteiger partial charge on any atom is -0.316 e. The molecule has 1 N–H and O–H groups in total. The molecule has 118 valence electrons. The highest BCUT2D eigenvalue weighted by Gasteiger charge is 2.59. The first-order valence-electron chi connectivity index (χ1n) is 8.33. The van der Waals surface area contributed by atoms with Crippen LogP contribution in [0.1, 0.15) is 12.8 Å². The molecule has 1 spiro atoms. The molecule has 23 heavy (non-hydrogen) atoms. The lowest BCUT2D eigenvalue weighted by Crippen LogP contribution is -2.30. The van der Waals surface area contributed by atoms with Crippen molar-refractivity contribution in [3.63, 3.8) is 0 Å². The minimum absolute atomic E-state index is 0.205. The molecule has 1 heterocycles. The predicted octanol–water partition coefficient (Wildman–Crippen LogP) is 3.32. The Kier molecular flexibility index (Phi) is 3.46. The smallest absolute Gasteiger partial charge is 0.230 e. The van der Waals surface area contributed by atoms with Crippen LogP contribution in [0.5, 0.6) is 0 Å². The fraction of sp³-hybridized carbons (Fsp3) is 0.350. The predicted molar refractivity (Wildman–Crippen MR) is 93.3 cm³/mol. The van der Waals surface area contributed by atoms with Crippen LogP contribution in [0, 0.1) is 11.3 Å². The van der Waals surface area contributed by atoms with E-state index in [0.29, 0.717) is 0 Å². The van der Waals surface area contributed by atoms with Crippen LogP contribution in [0.3, 0.4) is 0 Å². The number of benzene rings is 2. The summed E-state index contributed by atoms with van der Waals surface area (Å²) in [4.78, 5) is 14.5. The molecule has 1 aliphatic heterocycles. The van der Waals surface area contributed by atoms with Crippen LogP contribution in [0.15, 0.2) is 54.6 Å². The van der Waals surface area contributed by atoms with Gasteiger partial charge in [0.25, 0.3) is 0 Å². The van der Waals surface area contributed by atoms with Crippen LogP contribution >= 0.6 is 0 Å². The Balaban J connectivity index is 1.49. The number of nitrogens with one attached hydrogen (secondary N) is 1. The van der Waals surface area contributed by atoms with E-state index in [1.807, 2.05) is 42.3 Å². The van der Waals surface area contributed by atoms with Gasteiger partial charge in [0.15, 0.2) is 0 Å². The Hall–Kier alpha value is -2.13. The molecular weight excluding hydrogens is 284 g/mol. The lowest BCUT2D eigenvalue weighted by atomic mass is 10.0. The van der Waals surface area contributed by atoms with E-state index >= 15 is 0 Å². The van der Waals surface area contributed by atoms with Gasteiger partial charge in [-0.25, -0.2) is 0 Å². The molecule has 1 amide bonds. The summed E-state index contributed by atoms with van der Waals surface area (Å²) in [5.41, 5.74) is 3.61. The number of carbonyl (C=O) groups is 1. The molecule has 0 aromatic heterocycles. The van der Waals surface area contributed by atoms with Crippen LogP contribution < -0.4 is 10.2 Å². The molecule has 0 bridgehead atoms. The van der Waals surface area contributed by atoms with Gasteiger partial charge in [-0.15, -0.1) is 0 Å². The zero-order valence-electron chi connectivity index (χ0n) is 13.5. The summed E-state index contributed by atoms with van der Waals surface area (Å²) >= 11 is 0. The van der Waals surface area contributed by atoms with Crippen molar-refractivity contribution < 1.29 is 4.79 Å². The largest absolute Gasteiger partial charge is 0.316 e. The van der Waals surface area contributed by atoms with Crippen LogP contribution in [0.25, 0.3) is 11.1 Å². The van der Waals surface area contributed by atoms with Crippen LogP contribution in [0.2, 0.25) is 0 Å². The lowest BCUT2D eigenvalue weighted by Gasteiger charge is -2.19. The van der Waals surface area contributed by atoms with E-state index in [9.17, 15) is 4.79 Å². The molecule has 1 saturated heterocycles. The summed E-state index contributed by atoms with van der Waals surface area (Å²) in [6.45, 7) is 2.06. The number of carbonyl (C=O) groups excluding carboxylic acids is 1. The normalized spacial score (nSPS) is 25.5. The van der Waals surface area contributed by atoms with Gasteiger partial charge in [0.05, 0.1) is 0 Å². The Labute approximate surface area is 137 Å². The van der Waals surface area contributed by atoms with Crippen molar-refractivity contribution >= 4 is 11.6 Å². The van der Waals surface area contributed by atoms with E-state index in [2.05, 4.69) is 29.6 Å². The number of rotatable bonds is 3. The topological polar surface area (TPSA) is 32.3 Å². The van der Waals surface area contributed by atoms with Crippen molar-refractivity contribution in [1.29, 1.82) is 0 Å². The number of nitrogens with zero attached hydrogens (tertiary/aromatic N) is 1. The zero-order chi connectivity index (χ0) is 15.9. The second kappa shape index (κ2) is 5.50. The van der Waals surface area contributed by atoms with Gasteiger partial charge in [-0.3, -0.25) is 4.79 Å². The van der Waals surface area contributed by atoms with Crippen LogP contribution in [-0.2, 0) is 4.79 Å². The molecule has 3 heteroatoms. The highest BCUT2D eigenvalue weighted by molar-refractivity contribution is 5.97. The quantitative estimate of drug-likeness (QED) is 0.943. The van der Waals surface area contributed by atoms with Gasteiger partial charge in [0, 0.05) is 25.2 Å². The third kappa shape index (κ3) is 2.55. The summed E-state index contributed by atoms with van der Waals surface area (Å²) < 4.78 is 0. The summed E-state index contributed by atoms with van der Waals surface area (Å²) in [6, 6.07) is 18.6. The van der Waals surface area contributed by atoms with E-state index in [4.69, 9.17) is 0 Å². The average molecular weight is 306 g/mol. The second-order valence-corrected chi connectivity index (χ2v) is 6.86. The van der Waals surface area contributed by atoms with E-state index in [-0.39, 0.29) is 17.2 Å². The maximum absolute atomic E-state index is 12.7. The molecule has 2 aliphatic rings. The van der Waals surface area contributed by atoms with Gasteiger partial charge in [0.1, 0.15) is 0 Å². The van der Waals surface area contributed by atoms with Gasteiger partial charge in [-0.2, -0.15) is 0 Å². The Morgan fingerprint density at radius 1 is 1.09 bits per heavy atom. The maximum Gasteiger partial charge on any atom is 0.230 e. The first kappa shape index (κ1) is 14.5. The third-order valence-electron chi connectivity index (χ3n) is 5.46. The summed E-state index contributed by atoms with van der Waals surface area (Å²) in [5.74, 6) is 0.470. The van der Waals surface area contributed by atoms with Crippen LogP contribution in [-0.4, -0.2) is 26.0 Å². The molecular formula is C20H22N2O. The van der Waals surface area contributed by atoms with Gasteiger partial charge in [0.2, 0.25) is 5.91 Å². The molecule has 1 aliphatic carbocycles. The zero-order valence-corrected chi connectivity index (χ0v) is 13.5. The first-order chi connectivity index (χ1) is 11.2. The molecule has 3 nitrogen and oxygen atoms in total. The molecule has 2 unspecified atom stereocenters. The van der Waals surface area contributed by atoms with Crippen molar-refractivity contribution in [2.24, 2.45) is 11.3 Å². The molecule has 2 aromatic carbocycles. The molecule has 1 saturated carbocycles. The number of amides is 1. The Bertz CT molecular complexity index is 702. The Morgan fingerprint density at radius 2 is 1.78 bits per heavy atom. The SMILES string of the molecule is CN(C(=O)C1CC12CCNC2)c1ccc(-c2ccccc2)cc1. The van der Waals surface area contributed by atoms with Crippen molar-refractivity contribution in [2.45, 2.75) is 12.8 Å². The second-order valence-electron chi connectivity index (χ2n) is 6.86. The number of hydrogen-bond donors (Lipinski definition) is 1. The van der Waals surface area contributed by atoms with E-state index < -0.39 is 0 Å². The van der Waals surface area contributed by atoms with Crippen LogP contribution in [0.4, 0.5) is 5.69 Å². The lowest BCUT2D eigenvalue weighted by molar-refractivity contribution is -0.120. The molecule has 2 atom stereocenters. The van der Waals surface area contributed by atoms with Crippen molar-refractivity contribution in [3.8, 4) is 11.1 Å². The summed E-state index contributed by atoms with van der Waals surface area (Å²) in [5, 5.41) is 3.39. The van der Waals surface area contributed by atoms with E-state index in [1.165, 1.54) is 11.1 Å². The number of anilines is 1. The summed E-state index contributed by atoms with van der Waals surface area (Å²) in [7, 11) is 1.90. The molecule has 4 rings (SSSR count). The van der Waals surface area contributed by atoms with Gasteiger partial charge < -0.3 is 10.2 Å². The summed E-state index contributed by atoms with van der Waals surface area (Å²) in [6.07, 6.45) is 2.19. The monoisotopic (exact) mass is 306 g/mol. The van der Waals surface area contributed by atoms with Gasteiger partial charge in [-0.05, 0) is 48.1 Å². The molecule has 0 radical (unpaired) electrons. The third-order valence-corrected chi connectivity index (χ3v) is 5.46. The van der Waals surface area contributed by atoms with Crippen molar-refractivity contribution in [3.05, 3.63) is 54.6 Å². The highest BCUT2D eigenvalue weighted by atomic mass is 16.2. The average Bonchev–Trinajstić information content (AvgIpc) is 3.11. The fourth-order valence-corrected chi connectivity index (χ4v) is 3.80. The van der Waals surface area contributed by atoms with Crippen molar-refractivity contribution in [1.82, 2.24) is 5.32 Å². The molecule has 2 fully saturated rings. The van der Waals surface area contributed by atoms with Gasteiger partial charge in [-0.1, -0.05) is 42.5 Å². The Morgan fingerprint density at radius 3 is 2.43 bits per heavy atom. The minimum atomic E-state index is 0.205. The standard InChI is InChI=1S/C20H22N2O/c1-22(19(23)18-13-20(18)11-12-21-14-20)17-9-7-16(8-10-17)15-5-3-2-4-6-15/h2-10,18,21H,11-14H2,1H3. The fourth-order valence-electron chi connectivity index (χ4n) is 3.80. The highest BCUT2D eigenvalue weighted by Crippen LogP contribution is 2.57. The van der Waals surface area contributed by atoms with E-state index in [0.717, 1.165) is 31.6 Å². The molecule has 2 aromatic rings. The first-order valence-corrected chi connectivity index (χ1v) is 8.33. The van der Waals surface area contributed by atoms with E-state index in [1.54, 1.807) is 0 Å².